The lowest BCUT2D eigenvalue weighted by Crippen LogP contribution is -2.53. The van der Waals surface area contributed by atoms with Crippen molar-refractivity contribution in [2.75, 3.05) is 13.1 Å². The molecule has 3 amide bonds. The van der Waals surface area contributed by atoms with Crippen LogP contribution in [-0.4, -0.2) is 58.3 Å². The van der Waals surface area contributed by atoms with Gasteiger partial charge in [0.25, 0.3) is 0 Å². The summed E-state index contributed by atoms with van der Waals surface area (Å²) in [6.45, 7) is 3.53. The molecule has 8 nitrogen and oxygen atoms in total. The third-order valence-electron chi connectivity index (χ3n) is 4.69. The van der Waals surface area contributed by atoms with E-state index in [2.05, 4.69) is 5.32 Å². The number of primary amides is 1. The number of rotatable bonds is 10. The normalized spacial score (nSPS) is 12.8. The van der Waals surface area contributed by atoms with Gasteiger partial charge < -0.3 is 26.2 Å². The Hall–Kier alpha value is -3.39. The number of hydrogen-bond donors (Lipinski definition) is 4. The molecule has 0 saturated carbocycles. The van der Waals surface area contributed by atoms with Crippen molar-refractivity contribution in [3.63, 3.8) is 0 Å². The first-order valence-corrected chi connectivity index (χ1v) is 10.1. The number of carbonyl (C=O) groups is 3. The molecule has 2 aromatic carbocycles. The van der Waals surface area contributed by atoms with E-state index in [0.29, 0.717) is 0 Å². The summed E-state index contributed by atoms with van der Waals surface area (Å²) in [7, 11) is 0. The highest BCUT2D eigenvalue weighted by molar-refractivity contribution is 5.86. The molecule has 0 aromatic heterocycles. The summed E-state index contributed by atoms with van der Waals surface area (Å²) in [6, 6.07) is 15.8. The standard InChI is InChI=1S/C23H29N3O5/c1-15(2)13-26(14-20(27)22(29)30)23(31)25-19(21(24)28)12-16-8-10-18(11-9-16)17-6-4-3-5-7-17/h3-11,15,19-20,27H,12-14H2,1-2H3,(H2,24,28)(H,25,31)(H,29,30)/t19-,20?/m0/s1. The Kier molecular flexibility index (Phi) is 8.57. The van der Waals surface area contributed by atoms with Crippen LogP contribution in [0.2, 0.25) is 0 Å². The number of nitrogens with one attached hydrogen (secondary N) is 1. The van der Waals surface area contributed by atoms with Gasteiger partial charge in [-0.1, -0.05) is 68.4 Å². The van der Waals surface area contributed by atoms with Crippen LogP contribution in [0.25, 0.3) is 11.1 Å². The second-order valence-corrected chi connectivity index (χ2v) is 7.82. The van der Waals surface area contributed by atoms with E-state index in [4.69, 9.17) is 10.8 Å². The van der Waals surface area contributed by atoms with E-state index in [1.54, 1.807) is 0 Å². The molecule has 5 N–H and O–H groups in total. The largest absolute Gasteiger partial charge is 0.479 e. The van der Waals surface area contributed by atoms with Gasteiger partial charge in [-0.2, -0.15) is 0 Å². The van der Waals surface area contributed by atoms with Gasteiger partial charge >= 0.3 is 12.0 Å². The van der Waals surface area contributed by atoms with Gasteiger partial charge in [-0.05, 0) is 22.6 Å². The zero-order valence-corrected chi connectivity index (χ0v) is 17.7. The zero-order chi connectivity index (χ0) is 23.0. The lowest BCUT2D eigenvalue weighted by atomic mass is 10.0. The monoisotopic (exact) mass is 427 g/mol. The predicted molar refractivity (Wildman–Crippen MR) is 117 cm³/mol. The van der Waals surface area contributed by atoms with Gasteiger partial charge in [0.15, 0.2) is 6.10 Å². The lowest BCUT2D eigenvalue weighted by Gasteiger charge is -2.28. The summed E-state index contributed by atoms with van der Waals surface area (Å²) < 4.78 is 0. The molecule has 0 spiro atoms. The fourth-order valence-corrected chi connectivity index (χ4v) is 3.13. The molecule has 8 heteroatoms. The van der Waals surface area contributed by atoms with Crippen molar-refractivity contribution in [3.05, 3.63) is 60.2 Å². The van der Waals surface area contributed by atoms with E-state index in [-0.39, 0.29) is 18.9 Å². The molecule has 0 bridgehead atoms. The van der Waals surface area contributed by atoms with Crippen molar-refractivity contribution in [1.29, 1.82) is 0 Å². The minimum Gasteiger partial charge on any atom is -0.479 e. The van der Waals surface area contributed by atoms with Crippen molar-refractivity contribution >= 4 is 17.9 Å². The number of benzene rings is 2. The lowest BCUT2D eigenvalue weighted by molar-refractivity contribution is -0.147. The Bertz CT molecular complexity index is 884. The quantitative estimate of drug-likeness (QED) is 0.459. The smallest absolute Gasteiger partial charge is 0.334 e. The van der Waals surface area contributed by atoms with E-state index in [9.17, 15) is 19.5 Å². The molecule has 0 aliphatic heterocycles. The Labute approximate surface area is 181 Å². The third kappa shape index (κ3) is 7.42. The minimum absolute atomic E-state index is 0.0318. The highest BCUT2D eigenvalue weighted by Gasteiger charge is 2.26. The molecule has 0 aliphatic carbocycles. The van der Waals surface area contributed by atoms with Crippen molar-refractivity contribution in [2.24, 2.45) is 11.7 Å². The maximum Gasteiger partial charge on any atom is 0.334 e. The van der Waals surface area contributed by atoms with E-state index >= 15 is 0 Å². The molecule has 2 rings (SSSR count). The number of amides is 3. The Balaban J connectivity index is 2.09. The fourth-order valence-electron chi connectivity index (χ4n) is 3.13. The van der Waals surface area contributed by atoms with Gasteiger partial charge in [-0.3, -0.25) is 4.79 Å². The highest BCUT2D eigenvalue weighted by atomic mass is 16.4. The number of carbonyl (C=O) groups excluding carboxylic acids is 2. The maximum atomic E-state index is 12.7. The summed E-state index contributed by atoms with van der Waals surface area (Å²) in [5, 5.41) is 21.1. The van der Waals surface area contributed by atoms with Crippen LogP contribution in [0.1, 0.15) is 19.4 Å². The van der Waals surface area contributed by atoms with Crippen LogP contribution in [0.4, 0.5) is 4.79 Å². The molecule has 2 aromatic rings. The van der Waals surface area contributed by atoms with Gasteiger partial charge in [0.05, 0.1) is 6.54 Å². The predicted octanol–water partition coefficient (Wildman–Crippen LogP) is 1.86. The van der Waals surface area contributed by atoms with Crippen LogP contribution in [0, 0.1) is 5.92 Å². The number of nitrogens with two attached hydrogens (primary N) is 1. The second-order valence-electron chi connectivity index (χ2n) is 7.82. The SMILES string of the molecule is CC(C)CN(CC(O)C(=O)O)C(=O)N[C@@H](Cc1ccc(-c2ccccc2)cc1)C(N)=O. The summed E-state index contributed by atoms with van der Waals surface area (Å²) in [4.78, 5) is 36.8. The minimum atomic E-state index is -1.72. The summed E-state index contributed by atoms with van der Waals surface area (Å²) in [5.74, 6) is -2.10. The molecule has 2 atom stereocenters. The first-order valence-electron chi connectivity index (χ1n) is 10.1. The number of carboxylic acids is 1. The molecule has 0 saturated heterocycles. The molecular formula is C23H29N3O5. The molecule has 0 fully saturated rings. The molecule has 166 valence electrons. The maximum absolute atomic E-state index is 12.7. The van der Waals surface area contributed by atoms with Gasteiger partial charge in [0.2, 0.25) is 5.91 Å². The van der Waals surface area contributed by atoms with Gasteiger partial charge in [0, 0.05) is 13.0 Å². The van der Waals surface area contributed by atoms with E-state index < -0.39 is 36.6 Å². The number of carboxylic acid groups (broad SMARTS) is 1. The number of hydrogen-bond acceptors (Lipinski definition) is 4. The van der Waals surface area contributed by atoms with E-state index in [0.717, 1.165) is 16.7 Å². The van der Waals surface area contributed by atoms with Crippen molar-refractivity contribution in [3.8, 4) is 11.1 Å². The summed E-state index contributed by atoms with van der Waals surface area (Å²) in [5.41, 5.74) is 8.39. The van der Waals surface area contributed by atoms with Crippen LogP contribution in [-0.2, 0) is 16.0 Å². The average molecular weight is 428 g/mol. The molecule has 0 heterocycles. The number of nitrogens with zero attached hydrogens (tertiary/aromatic N) is 1. The fraction of sp³-hybridized carbons (Fsp3) is 0.348. The number of aliphatic hydroxyl groups excluding tert-OH is 1. The topological polar surface area (TPSA) is 133 Å². The number of aliphatic hydroxyl groups is 1. The third-order valence-corrected chi connectivity index (χ3v) is 4.69. The first-order chi connectivity index (χ1) is 14.7. The molecule has 0 aliphatic rings. The Morgan fingerprint density at radius 2 is 1.55 bits per heavy atom. The van der Waals surface area contributed by atoms with Gasteiger partial charge in [-0.15, -0.1) is 0 Å². The van der Waals surface area contributed by atoms with Crippen LogP contribution in [0.5, 0.6) is 0 Å². The van der Waals surface area contributed by atoms with E-state index in [1.807, 2.05) is 68.4 Å². The van der Waals surface area contributed by atoms with Crippen LogP contribution >= 0.6 is 0 Å². The van der Waals surface area contributed by atoms with Crippen LogP contribution in [0.3, 0.4) is 0 Å². The zero-order valence-electron chi connectivity index (χ0n) is 17.7. The van der Waals surface area contributed by atoms with E-state index in [1.165, 1.54) is 4.90 Å². The number of aliphatic carboxylic acids is 1. The van der Waals surface area contributed by atoms with Gasteiger partial charge in [0.1, 0.15) is 6.04 Å². The van der Waals surface area contributed by atoms with Crippen molar-refractivity contribution in [1.82, 2.24) is 10.2 Å². The first kappa shape index (κ1) is 23.9. The second kappa shape index (κ2) is 11.1. The average Bonchev–Trinajstić information content (AvgIpc) is 2.73. The van der Waals surface area contributed by atoms with Crippen molar-refractivity contribution < 1.29 is 24.6 Å². The molecule has 31 heavy (non-hydrogen) atoms. The van der Waals surface area contributed by atoms with Gasteiger partial charge in [-0.25, -0.2) is 9.59 Å². The molecule has 0 radical (unpaired) electrons. The van der Waals surface area contributed by atoms with Crippen LogP contribution < -0.4 is 11.1 Å². The summed E-state index contributed by atoms with van der Waals surface area (Å²) in [6.07, 6.45) is -1.53. The highest BCUT2D eigenvalue weighted by Crippen LogP contribution is 2.19. The van der Waals surface area contributed by atoms with Crippen LogP contribution in [0.15, 0.2) is 54.6 Å². The molecular weight excluding hydrogens is 398 g/mol. The molecule has 1 unspecified atom stereocenters. The van der Waals surface area contributed by atoms with Crippen molar-refractivity contribution in [2.45, 2.75) is 32.4 Å². The Morgan fingerprint density at radius 1 is 0.968 bits per heavy atom. The Morgan fingerprint density at radius 3 is 2.06 bits per heavy atom. The summed E-state index contributed by atoms with van der Waals surface area (Å²) >= 11 is 0. The number of urea groups is 1.